The van der Waals surface area contributed by atoms with Crippen molar-refractivity contribution in [2.45, 2.75) is 38.8 Å². The minimum absolute atomic E-state index is 0.129. The van der Waals surface area contributed by atoms with Gasteiger partial charge in [-0.3, -0.25) is 9.59 Å². The van der Waals surface area contributed by atoms with Gasteiger partial charge in [-0.25, -0.2) is 4.79 Å². The molecular weight excluding hydrogens is 348 g/mol. The summed E-state index contributed by atoms with van der Waals surface area (Å²) in [5.74, 6) is -1.99. The van der Waals surface area contributed by atoms with Crippen LogP contribution in [0.5, 0.6) is 0 Å². The Labute approximate surface area is 158 Å². The van der Waals surface area contributed by atoms with Crippen LogP contribution in [0, 0.1) is 5.92 Å². The van der Waals surface area contributed by atoms with E-state index >= 15 is 0 Å². The van der Waals surface area contributed by atoms with E-state index in [1.54, 1.807) is 6.20 Å². The monoisotopic (exact) mass is 374 g/mol. The van der Waals surface area contributed by atoms with Gasteiger partial charge < -0.3 is 21.5 Å². The van der Waals surface area contributed by atoms with Crippen LogP contribution in [-0.4, -0.2) is 41.5 Å². The third kappa shape index (κ3) is 5.63. The first kappa shape index (κ1) is 20.6. The van der Waals surface area contributed by atoms with E-state index in [1.165, 1.54) is 0 Å². The van der Waals surface area contributed by atoms with Gasteiger partial charge in [0.1, 0.15) is 12.1 Å². The zero-order valence-corrected chi connectivity index (χ0v) is 15.5. The van der Waals surface area contributed by atoms with Gasteiger partial charge in [0.25, 0.3) is 0 Å². The lowest BCUT2D eigenvalue weighted by Gasteiger charge is -2.22. The first-order valence-electron chi connectivity index (χ1n) is 8.89. The molecule has 1 aromatic rings. The van der Waals surface area contributed by atoms with Crippen LogP contribution in [0.15, 0.2) is 30.5 Å². The van der Waals surface area contributed by atoms with E-state index in [0.717, 1.165) is 16.8 Å². The minimum Gasteiger partial charge on any atom is -0.480 e. The fourth-order valence-corrected chi connectivity index (χ4v) is 2.95. The lowest BCUT2D eigenvalue weighted by atomic mass is 9.99. The number of fused-ring (bicyclic) bond motifs is 1. The Morgan fingerprint density at radius 2 is 1.85 bits per heavy atom. The second-order valence-corrected chi connectivity index (χ2v) is 6.92. The van der Waals surface area contributed by atoms with E-state index in [1.807, 2.05) is 38.1 Å². The number of benzene rings is 1. The second-order valence-electron chi connectivity index (χ2n) is 6.92. The van der Waals surface area contributed by atoms with Gasteiger partial charge >= 0.3 is 5.97 Å². The largest absolute Gasteiger partial charge is 0.480 e. The summed E-state index contributed by atoms with van der Waals surface area (Å²) >= 11 is 0. The maximum Gasteiger partial charge on any atom is 0.326 e. The molecule has 2 amide bonds. The van der Waals surface area contributed by atoms with E-state index in [0.29, 0.717) is 6.42 Å². The molecule has 8 heteroatoms. The molecule has 0 fully saturated rings. The fraction of sp³-hybridized carbons (Fsp3) is 0.421. The van der Waals surface area contributed by atoms with Gasteiger partial charge in [-0.2, -0.15) is 0 Å². The van der Waals surface area contributed by atoms with Gasteiger partial charge in [0, 0.05) is 23.6 Å². The number of aliphatic carboxylic acids is 1. The van der Waals surface area contributed by atoms with Crippen molar-refractivity contribution in [2.24, 2.45) is 11.7 Å². The van der Waals surface area contributed by atoms with E-state index < -0.39 is 29.9 Å². The van der Waals surface area contributed by atoms with Crippen LogP contribution in [0.2, 0.25) is 0 Å². The molecule has 0 saturated carbocycles. The number of anilines is 1. The van der Waals surface area contributed by atoms with Gasteiger partial charge in [0.2, 0.25) is 11.8 Å². The number of rotatable bonds is 9. The molecule has 27 heavy (non-hydrogen) atoms. The molecule has 0 saturated heterocycles. The van der Waals surface area contributed by atoms with Gasteiger partial charge in [-0.15, -0.1) is 5.32 Å². The summed E-state index contributed by atoms with van der Waals surface area (Å²) in [5, 5.41) is 17.7. The topological polar surface area (TPSA) is 137 Å². The molecule has 0 bridgehead atoms. The number of nitrogens with two attached hydrogens (primary N) is 1. The van der Waals surface area contributed by atoms with Gasteiger partial charge in [0.05, 0.1) is 6.54 Å². The van der Waals surface area contributed by atoms with Crippen molar-refractivity contribution in [3.05, 3.63) is 36.0 Å². The quantitative estimate of drug-likeness (QED) is 0.396. The molecule has 0 spiro atoms. The lowest BCUT2D eigenvalue weighted by molar-refractivity contribution is -0.491. The summed E-state index contributed by atoms with van der Waals surface area (Å²) in [5.41, 5.74) is 7.91. The number of carboxylic acid groups (broad SMARTS) is 1. The van der Waals surface area contributed by atoms with Gasteiger partial charge in [-0.05, 0) is 18.4 Å². The number of hydrogen-bond acceptors (Lipinski definition) is 5. The highest BCUT2D eigenvalue weighted by atomic mass is 16.4. The molecular formula is C19H26N4O4+. The molecule has 8 nitrogen and oxygen atoms in total. The van der Waals surface area contributed by atoms with Crippen LogP contribution in [0.25, 0.3) is 5.57 Å². The summed E-state index contributed by atoms with van der Waals surface area (Å²) in [6.07, 6.45) is 2.26. The van der Waals surface area contributed by atoms with Crippen LogP contribution in [0.3, 0.4) is 0 Å². The highest BCUT2D eigenvalue weighted by Gasteiger charge is 2.30. The maximum absolute atomic E-state index is 12.6. The second kappa shape index (κ2) is 9.29. The number of amides is 2. The molecule has 0 unspecified atom stereocenters. The molecule has 1 aliphatic rings. The van der Waals surface area contributed by atoms with Crippen LogP contribution in [-0.2, 0) is 14.4 Å². The van der Waals surface area contributed by atoms with Gasteiger partial charge in [-0.1, -0.05) is 26.0 Å². The van der Waals surface area contributed by atoms with Crippen molar-refractivity contribution < 1.29 is 24.8 Å². The number of carboxylic acids is 1. The Morgan fingerprint density at radius 1 is 1.15 bits per heavy atom. The van der Waals surface area contributed by atoms with E-state index in [4.69, 9.17) is 5.73 Å². The third-order valence-corrected chi connectivity index (χ3v) is 4.26. The van der Waals surface area contributed by atoms with Crippen LogP contribution in [0.1, 0.15) is 32.3 Å². The average molecular weight is 374 g/mol. The maximum atomic E-state index is 12.6. The molecule has 1 aliphatic heterocycles. The minimum atomic E-state index is -1.14. The first-order valence-corrected chi connectivity index (χ1v) is 8.89. The zero-order chi connectivity index (χ0) is 20.0. The van der Waals surface area contributed by atoms with E-state index in [-0.39, 0.29) is 18.9 Å². The summed E-state index contributed by atoms with van der Waals surface area (Å²) in [7, 11) is 0. The van der Waals surface area contributed by atoms with Crippen molar-refractivity contribution in [3.63, 3.8) is 0 Å². The SMILES string of the molecule is CC(C)C[C@H](NC(=O)CN)C(=O)N[C@@H](CC1=C[NH+]c2ccccc21)C(=O)O. The van der Waals surface area contributed by atoms with Crippen molar-refractivity contribution in [1.29, 1.82) is 0 Å². The van der Waals surface area contributed by atoms with Crippen molar-refractivity contribution in [3.8, 4) is 0 Å². The first-order chi connectivity index (χ1) is 12.8. The number of carbonyl (C=O) groups excluding carboxylic acids is 2. The highest BCUT2D eigenvalue weighted by Crippen LogP contribution is 2.27. The average Bonchev–Trinajstić information content (AvgIpc) is 3.03. The summed E-state index contributed by atoms with van der Waals surface area (Å²) < 4.78 is 0. The molecule has 145 valence electrons. The molecule has 2 rings (SSSR count). The fourth-order valence-electron chi connectivity index (χ4n) is 2.95. The Hall–Kier alpha value is -2.71. The number of para-hydroxylation sites is 1. The molecule has 1 radical (unpaired) electrons. The van der Waals surface area contributed by atoms with Gasteiger partial charge in [0.15, 0.2) is 11.9 Å². The third-order valence-electron chi connectivity index (χ3n) is 4.26. The standard InChI is InChI=1S/C19H26N4O4/c1-11(2)7-15(22-17(24)9-20)18(25)23-16(19(26)27)8-12-10-21-14-6-4-3-5-13(12)14/h3-6,10-11,15-16,21H,7-9,20H2,1-2H3,(H,22,24)(H,23,25)(H,26,27)/q+1/t15-,16-/m0/s1. The number of hydrogen-bond donors (Lipinski definition) is 5. The van der Waals surface area contributed by atoms with Crippen LogP contribution in [0.4, 0.5) is 5.69 Å². The Balaban J connectivity index is 2.09. The van der Waals surface area contributed by atoms with Crippen LogP contribution < -0.4 is 21.7 Å². The molecule has 2 atom stereocenters. The van der Waals surface area contributed by atoms with E-state index in [2.05, 4.69) is 16.0 Å². The summed E-state index contributed by atoms with van der Waals surface area (Å²) in [4.78, 5) is 35.9. The Bertz CT molecular complexity index is 745. The summed E-state index contributed by atoms with van der Waals surface area (Å²) in [6, 6.07) is 5.61. The molecule has 0 aromatic heterocycles. The molecule has 6 N–H and O–H groups in total. The van der Waals surface area contributed by atoms with Crippen molar-refractivity contribution >= 4 is 29.0 Å². The van der Waals surface area contributed by atoms with Crippen molar-refractivity contribution in [2.75, 3.05) is 6.54 Å². The molecule has 1 aromatic carbocycles. The highest BCUT2D eigenvalue weighted by molar-refractivity contribution is 5.91. The Kier molecular flexibility index (Phi) is 7.09. The predicted octanol–water partition coefficient (Wildman–Crippen LogP) is -0.529. The summed E-state index contributed by atoms with van der Waals surface area (Å²) in [6.45, 7) is 3.59. The number of carbonyl (C=O) groups is 3. The molecule has 0 aliphatic carbocycles. The predicted molar refractivity (Wildman–Crippen MR) is 99.7 cm³/mol. The smallest absolute Gasteiger partial charge is 0.326 e. The lowest BCUT2D eigenvalue weighted by Crippen LogP contribution is -2.69. The number of nitrogens with one attached hydrogen (secondary N) is 3. The zero-order valence-electron chi connectivity index (χ0n) is 15.5. The van der Waals surface area contributed by atoms with Crippen molar-refractivity contribution in [1.82, 2.24) is 10.6 Å². The Morgan fingerprint density at radius 3 is 2.48 bits per heavy atom. The van der Waals surface area contributed by atoms with Crippen LogP contribution >= 0.6 is 0 Å². The normalized spacial score (nSPS) is 14.9. The van der Waals surface area contributed by atoms with E-state index in [9.17, 15) is 19.5 Å². The molecule has 1 heterocycles.